The molecule has 2 rings (SSSR count). The lowest BCUT2D eigenvalue weighted by molar-refractivity contribution is -0.131. The van der Waals surface area contributed by atoms with Crippen molar-refractivity contribution in [3.63, 3.8) is 0 Å². The predicted molar refractivity (Wildman–Crippen MR) is 101 cm³/mol. The van der Waals surface area contributed by atoms with Crippen molar-refractivity contribution in [2.24, 2.45) is 5.92 Å². The average molecular weight is 338 g/mol. The molecule has 0 spiro atoms. The number of nitrogens with zero attached hydrogens (tertiary/aromatic N) is 3. The molecule has 0 aromatic carbocycles. The number of rotatable bonds is 8. The van der Waals surface area contributed by atoms with Crippen LogP contribution in [-0.4, -0.2) is 73.0 Å². The third-order valence-corrected chi connectivity index (χ3v) is 6.27. The van der Waals surface area contributed by atoms with Gasteiger partial charge in [0, 0.05) is 38.6 Å². The van der Waals surface area contributed by atoms with E-state index in [9.17, 15) is 4.79 Å². The zero-order valence-corrected chi connectivity index (χ0v) is 16.3. The van der Waals surface area contributed by atoms with E-state index >= 15 is 0 Å². The fraction of sp³-hybridized carbons (Fsp3) is 0.950. The van der Waals surface area contributed by atoms with Crippen LogP contribution >= 0.6 is 0 Å². The quantitative estimate of drug-likeness (QED) is 0.680. The second-order valence-electron chi connectivity index (χ2n) is 7.83. The van der Waals surface area contributed by atoms with E-state index in [4.69, 9.17) is 0 Å². The van der Waals surface area contributed by atoms with Gasteiger partial charge in [0.15, 0.2) is 0 Å². The summed E-state index contributed by atoms with van der Waals surface area (Å²) in [6.45, 7) is 11.0. The summed E-state index contributed by atoms with van der Waals surface area (Å²) in [6.07, 6.45) is 9.71. The number of hydrogen-bond acceptors (Lipinski definition) is 3. The Morgan fingerprint density at radius 2 is 1.71 bits per heavy atom. The van der Waals surface area contributed by atoms with Crippen LogP contribution in [0.4, 0.5) is 0 Å². The molecule has 4 nitrogen and oxygen atoms in total. The van der Waals surface area contributed by atoms with Crippen LogP contribution in [0.3, 0.4) is 0 Å². The molecule has 1 heterocycles. The zero-order valence-electron chi connectivity index (χ0n) is 16.3. The Balaban J connectivity index is 1.78. The first kappa shape index (κ1) is 19.7. The second kappa shape index (κ2) is 10.4. The first-order valence-electron chi connectivity index (χ1n) is 10.3. The van der Waals surface area contributed by atoms with Crippen LogP contribution in [0.2, 0.25) is 0 Å². The summed E-state index contributed by atoms with van der Waals surface area (Å²) in [5.74, 6) is 1.17. The van der Waals surface area contributed by atoms with E-state index in [0.717, 1.165) is 64.4 Å². The number of carbonyl (C=O) groups excluding carboxylic acids is 1. The van der Waals surface area contributed by atoms with E-state index in [2.05, 4.69) is 35.6 Å². The molecule has 140 valence electrons. The van der Waals surface area contributed by atoms with Crippen molar-refractivity contribution in [1.82, 2.24) is 14.7 Å². The molecule has 0 unspecified atom stereocenters. The summed E-state index contributed by atoms with van der Waals surface area (Å²) in [5, 5.41) is 0. The number of hydrogen-bond donors (Lipinski definition) is 0. The fourth-order valence-electron chi connectivity index (χ4n) is 4.36. The number of likely N-dealkylation sites (tertiary alicyclic amines) is 1. The maximum absolute atomic E-state index is 12.5. The number of likely N-dealkylation sites (N-methyl/N-ethyl adjacent to an activating group) is 2. The minimum Gasteiger partial charge on any atom is -0.342 e. The van der Waals surface area contributed by atoms with Crippen LogP contribution in [0.5, 0.6) is 0 Å². The standard InChI is InChI=1S/C20H39N3O/c1-4-22(5-2)16-15-21(3)19-11-12-20(24)23(14-13-19)17-18-9-7-6-8-10-18/h18-19H,4-17H2,1-3H3/t19-/m0/s1. The molecule has 1 saturated heterocycles. The predicted octanol–water partition coefficient (Wildman–Crippen LogP) is 3.22. The highest BCUT2D eigenvalue weighted by Gasteiger charge is 2.27. The van der Waals surface area contributed by atoms with Crippen LogP contribution in [0.15, 0.2) is 0 Å². The van der Waals surface area contributed by atoms with Crippen molar-refractivity contribution in [3.05, 3.63) is 0 Å². The first-order valence-corrected chi connectivity index (χ1v) is 10.3. The van der Waals surface area contributed by atoms with Crippen molar-refractivity contribution in [2.45, 2.75) is 71.3 Å². The summed E-state index contributed by atoms with van der Waals surface area (Å²) < 4.78 is 0. The van der Waals surface area contributed by atoms with Gasteiger partial charge >= 0.3 is 0 Å². The van der Waals surface area contributed by atoms with Gasteiger partial charge in [-0.25, -0.2) is 0 Å². The molecule has 2 fully saturated rings. The lowest BCUT2D eigenvalue weighted by atomic mass is 9.89. The van der Waals surface area contributed by atoms with Gasteiger partial charge in [-0.15, -0.1) is 0 Å². The third-order valence-electron chi connectivity index (χ3n) is 6.27. The van der Waals surface area contributed by atoms with Gasteiger partial charge in [-0.1, -0.05) is 33.1 Å². The summed E-state index contributed by atoms with van der Waals surface area (Å²) in [6, 6.07) is 0.570. The molecule has 2 aliphatic rings. The maximum Gasteiger partial charge on any atom is 0.222 e. The highest BCUT2D eigenvalue weighted by atomic mass is 16.2. The molecular formula is C20H39N3O. The van der Waals surface area contributed by atoms with Gasteiger partial charge in [-0.3, -0.25) is 4.79 Å². The molecule has 1 aliphatic heterocycles. The topological polar surface area (TPSA) is 26.8 Å². The Bertz CT molecular complexity index is 364. The molecule has 0 aromatic rings. The van der Waals surface area contributed by atoms with Gasteiger partial charge < -0.3 is 14.7 Å². The van der Waals surface area contributed by atoms with Crippen LogP contribution < -0.4 is 0 Å². The van der Waals surface area contributed by atoms with Gasteiger partial charge in [-0.2, -0.15) is 0 Å². The summed E-state index contributed by atoms with van der Waals surface area (Å²) in [5.41, 5.74) is 0. The van der Waals surface area contributed by atoms with Crippen molar-refractivity contribution in [2.75, 3.05) is 46.3 Å². The van der Waals surface area contributed by atoms with E-state index in [1.807, 2.05) is 0 Å². The number of amides is 1. The van der Waals surface area contributed by atoms with Crippen LogP contribution in [0, 0.1) is 5.92 Å². The summed E-state index contributed by atoms with van der Waals surface area (Å²) in [7, 11) is 2.25. The smallest absolute Gasteiger partial charge is 0.222 e. The molecule has 1 atom stereocenters. The molecule has 4 heteroatoms. The Hall–Kier alpha value is -0.610. The average Bonchev–Trinajstić information content (AvgIpc) is 2.79. The van der Waals surface area contributed by atoms with Crippen LogP contribution in [-0.2, 0) is 4.79 Å². The molecular weight excluding hydrogens is 298 g/mol. The molecule has 24 heavy (non-hydrogen) atoms. The second-order valence-corrected chi connectivity index (χ2v) is 7.83. The van der Waals surface area contributed by atoms with Crippen LogP contribution in [0.25, 0.3) is 0 Å². The zero-order chi connectivity index (χ0) is 17.4. The SMILES string of the molecule is CCN(CC)CCN(C)[C@H]1CCC(=O)N(CC2CCCCC2)CC1. The lowest BCUT2D eigenvalue weighted by Gasteiger charge is -2.30. The van der Waals surface area contributed by atoms with E-state index in [1.54, 1.807) is 0 Å². The molecule has 1 amide bonds. The van der Waals surface area contributed by atoms with E-state index < -0.39 is 0 Å². The van der Waals surface area contributed by atoms with Crippen molar-refractivity contribution in [1.29, 1.82) is 0 Å². The van der Waals surface area contributed by atoms with Gasteiger partial charge in [-0.05, 0) is 51.7 Å². The van der Waals surface area contributed by atoms with Gasteiger partial charge in [0.05, 0.1) is 0 Å². The van der Waals surface area contributed by atoms with E-state index in [-0.39, 0.29) is 0 Å². The largest absolute Gasteiger partial charge is 0.342 e. The first-order chi connectivity index (χ1) is 11.6. The maximum atomic E-state index is 12.5. The van der Waals surface area contributed by atoms with E-state index in [0.29, 0.717) is 11.9 Å². The number of carbonyl (C=O) groups is 1. The van der Waals surface area contributed by atoms with Crippen LogP contribution in [0.1, 0.15) is 65.2 Å². The summed E-state index contributed by atoms with van der Waals surface area (Å²) >= 11 is 0. The van der Waals surface area contributed by atoms with Gasteiger partial charge in [0.2, 0.25) is 5.91 Å². The minimum atomic E-state index is 0.403. The molecule has 0 radical (unpaired) electrons. The van der Waals surface area contributed by atoms with Gasteiger partial charge in [0.25, 0.3) is 0 Å². The van der Waals surface area contributed by atoms with Crippen molar-refractivity contribution in [3.8, 4) is 0 Å². The third kappa shape index (κ3) is 6.03. The highest BCUT2D eigenvalue weighted by Crippen LogP contribution is 2.26. The van der Waals surface area contributed by atoms with Gasteiger partial charge in [0.1, 0.15) is 0 Å². The Kier molecular flexibility index (Phi) is 8.54. The molecule has 1 saturated carbocycles. The molecule has 1 aliphatic carbocycles. The fourth-order valence-corrected chi connectivity index (χ4v) is 4.36. The minimum absolute atomic E-state index is 0.403. The molecule has 0 bridgehead atoms. The Labute approximate surface area is 149 Å². The Morgan fingerprint density at radius 3 is 2.38 bits per heavy atom. The van der Waals surface area contributed by atoms with Crippen molar-refractivity contribution >= 4 is 5.91 Å². The highest BCUT2D eigenvalue weighted by molar-refractivity contribution is 5.76. The monoisotopic (exact) mass is 337 g/mol. The lowest BCUT2D eigenvalue weighted by Crippen LogP contribution is -2.39. The van der Waals surface area contributed by atoms with Crippen molar-refractivity contribution < 1.29 is 4.79 Å². The normalized spacial score (nSPS) is 24.0. The van der Waals surface area contributed by atoms with E-state index in [1.165, 1.54) is 32.1 Å². The molecule has 0 aromatic heterocycles. The molecule has 0 N–H and O–H groups in total. The summed E-state index contributed by atoms with van der Waals surface area (Å²) in [4.78, 5) is 19.7. The Morgan fingerprint density at radius 1 is 1.00 bits per heavy atom.